The van der Waals surface area contributed by atoms with E-state index in [1.807, 2.05) is 12.3 Å². The van der Waals surface area contributed by atoms with Crippen LogP contribution in [0.4, 0.5) is 0 Å². The molecule has 0 aromatic rings. The summed E-state index contributed by atoms with van der Waals surface area (Å²) in [5, 5.41) is 13.1. The van der Waals surface area contributed by atoms with E-state index in [4.69, 9.17) is 9.57 Å². The van der Waals surface area contributed by atoms with Crippen molar-refractivity contribution in [1.82, 2.24) is 10.8 Å². The lowest BCUT2D eigenvalue weighted by molar-refractivity contribution is -0.152. The minimum atomic E-state index is -1.29. The first-order valence-electron chi connectivity index (χ1n) is 14.7. The summed E-state index contributed by atoms with van der Waals surface area (Å²) in [6.45, 7) is 7.09. The number of aliphatic hydroxyl groups excluding tert-OH is 1. The van der Waals surface area contributed by atoms with Gasteiger partial charge in [-0.2, -0.15) is 11.8 Å². The molecule has 0 rings (SSSR count). The number of hydrogen-bond acceptors (Lipinski definition) is 7. The first-order chi connectivity index (χ1) is 19.8. The van der Waals surface area contributed by atoms with Gasteiger partial charge >= 0.3 is 5.97 Å². The van der Waals surface area contributed by atoms with Crippen LogP contribution in [0, 0.1) is 5.41 Å². The van der Waals surface area contributed by atoms with Crippen molar-refractivity contribution in [3.05, 3.63) is 72.9 Å². The van der Waals surface area contributed by atoms with Gasteiger partial charge in [-0.15, -0.1) is 0 Å². The summed E-state index contributed by atoms with van der Waals surface area (Å²) < 4.78 is 5.30. The highest BCUT2D eigenvalue weighted by Crippen LogP contribution is 2.21. The van der Waals surface area contributed by atoms with Crippen molar-refractivity contribution in [2.75, 3.05) is 38.3 Å². The zero-order valence-corrected chi connectivity index (χ0v) is 26.5. The Kier molecular flexibility index (Phi) is 26.1. The fraction of sp³-hybridized carbons (Fsp3) is 0.576. The number of carbonyl (C=O) groups excluding carboxylic acids is 2. The molecule has 0 fully saturated rings. The second-order valence-corrected chi connectivity index (χ2v) is 11.0. The number of hydrogen-bond donors (Lipinski definition) is 3. The molecule has 0 unspecified atom stereocenters. The van der Waals surface area contributed by atoms with Gasteiger partial charge in [0.05, 0.1) is 19.6 Å². The normalized spacial score (nSPS) is 13.6. The predicted octanol–water partition coefficient (Wildman–Crippen LogP) is 6.40. The first-order valence-corrected chi connectivity index (χ1v) is 16.1. The summed E-state index contributed by atoms with van der Waals surface area (Å²) in [4.78, 5) is 29.6. The van der Waals surface area contributed by atoms with Gasteiger partial charge in [0.2, 0.25) is 5.91 Å². The summed E-state index contributed by atoms with van der Waals surface area (Å²) in [5.74, 6) is 0.0828. The Labute approximate surface area is 253 Å². The average molecular weight is 591 g/mol. The Morgan fingerprint density at radius 2 is 1.34 bits per heavy atom. The first kappa shape index (κ1) is 38.6. The molecule has 0 saturated carbocycles. The maximum Gasteiger partial charge on any atom is 0.309 e. The van der Waals surface area contributed by atoms with Crippen molar-refractivity contribution in [3.8, 4) is 0 Å². The number of ether oxygens (including phenoxy) is 1. The average Bonchev–Trinajstić information content (AvgIpc) is 2.96. The van der Waals surface area contributed by atoms with Crippen molar-refractivity contribution >= 4 is 23.6 Å². The number of thioether (sulfide) groups is 1. The van der Waals surface area contributed by atoms with Crippen molar-refractivity contribution in [2.24, 2.45) is 5.41 Å². The molecule has 1 amide bonds. The van der Waals surface area contributed by atoms with Crippen molar-refractivity contribution in [3.63, 3.8) is 0 Å². The maximum absolute atomic E-state index is 12.3. The van der Waals surface area contributed by atoms with E-state index in [1.165, 1.54) is 0 Å². The number of aliphatic hydroxyl groups is 1. The van der Waals surface area contributed by atoms with Crippen molar-refractivity contribution in [1.29, 1.82) is 0 Å². The highest BCUT2D eigenvalue weighted by atomic mass is 32.2. The molecule has 0 aromatic carbocycles. The predicted molar refractivity (Wildman–Crippen MR) is 174 cm³/mol. The lowest BCUT2D eigenvalue weighted by atomic mass is 9.87. The Balaban J connectivity index is 3.96. The molecule has 0 heterocycles. The van der Waals surface area contributed by atoms with Crippen LogP contribution >= 0.6 is 11.8 Å². The monoisotopic (exact) mass is 590 g/mol. The summed E-state index contributed by atoms with van der Waals surface area (Å²) in [7, 11) is 0. The number of esters is 1. The second-order valence-electron chi connectivity index (χ2n) is 10.1. The van der Waals surface area contributed by atoms with Gasteiger partial charge in [-0.1, -0.05) is 93.7 Å². The number of allylic oxidation sites excluding steroid dienone is 11. The van der Waals surface area contributed by atoms with Crippen LogP contribution in [0.25, 0.3) is 0 Å². The molecule has 7 nitrogen and oxygen atoms in total. The van der Waals surface area contributed by atoms with Gasteiger partial charge in [-0.25, -0.2) is 5.48 Å². The molecule has 0 spiro atoms. The topological polar surface area (TPSA) is 96.9 Å². The molecule has 0 aliphatic rings. The molecule has 3 N–H and O–H groups in total. The number of carbonyl (C=O) groups is 2. The van der Waals surface area contributed by atoms with Crippen LogP contribution in [0.2, 0.25) is 0 Å². The Morgan fingerprint density at radius 1 is 0.829 bits per heavy atom. The Hall–Kier alpha value is -2.39. The number of rotatable bonds is 25. The molecule has 232 valence electrons. The second kappa shape index (κ2) is 27.8. The number of hydroxylamine groups is 1. The van der Waals surface area contributed by atoms with E-state index in [-0.39, 0.29) is 13.0 Å². The molecule has 0 radical (unpaired) electrons. The van der Waals surface area contributed by atoms with Crippen LogP contribution in [0.15, 0.2) is 72.9 Å². The van der Waals surface area contributed by atoms with E-state index in [1.54, 1.807) is 31.7 Å². The third-order valence-corrected chi connectivity index (χ3v) is 6.32. The summed E-state index contributed by atoms with van der Waals surface area (Å²) in [6.07, 6.45) is 32.4. The van der Waals surface area contributed by atoms with E-state index >= 15 is 0 Å². The molecule has 0 bridgehead atoms. The highest BCUT2D eigenvalue weighted by molar-refractivity contribution is 7.98. The van der Waals surface area contributed by atoms with Crippen LogP contribution in [0.1, 0.15) is 72.1 Å². The lowest BCUT2D eigenvalue weighted by Gasteiger charge is -2.28. The van der Waals surface area contributed by atoms with Crippen LogP contribution in [-0.4, -0.2) is 61.4 Å². The molecule has 0 aromatic heterocycles. The summed E-state index contributed by atoms with van der Waals surface area (Å²) >= 11 is 1.73. The van der Waals surface area contributed by atoms with E-state index in [0.29, 0.717) is 19.6 Å². The zero-order chi connectivity index (χ0) is 30.4. The van der Waals surface area contributed by atoms with Gasteiger partial charge in [0, 0.05) is 24.3 Å². The van der Waals surface area contributed by atoms with Gasteiger partial charge in [0.25, 0.3) is 0 Å². The molecule has 0 aliphatic carbocycles. The van der Waals surface area contributed by atoms with Gasteiger partial charge in [0.15, 0.2) is 0 Å². The zero-order valence-electron chi connectivity index (χ0n) is 25.7. The molecule has 0 aliphatic heterocycles. The maximum atomic E-state index is 12.3. The number of amides is 1. The van der Waals surface area contributed by atoms with Gasteiger partial charge in [-0.3, -0.25) is 9.59 Å². The minimum Gasteiger partial charge on any atom is -0.465 e. The largest absolute Gasteiger partial charge is 0.465 e. The van der Waals surface area contributed by atoms with Crippen LogP contribution in [0.5, 0.6) is 0 Å². The quantitative estimate of drug-likeness (QED) is 0.0490. The minimum absolute atomic E-state index is 0.0501. The van der Waals surface area contributed by atoms with Gasteiger partial charge in [0.1, 0.15) is 6.10 Å². The molecular weight excluding hydrogens is 536 g/mol. The highest BCUT2D eigenvalue weighted by Gasteiger charge is 2.34. The smallest absolute Gasteiger partial charge is 0.309 e. The summed E-state index contributed by atoms with van der Waals surface area (Å²) in [6, 6.07) is 0. The molecule has 1 atom stereocenters. The number of nitrogens with one attached hydrogen (secondary N) is 2. The van der Waals surface area contributed by atoms with E-state index < -0.39 is 23.4 Å². The Bertz CT molecular complexity index is 847. The third-order valence-electron chi connectivity index (χ3n) is 5.71. The van der Waals surface area contributed by atoms with Crippen LogP contribution in [0.3, 0.4) is 0 Å². The van der Waals surface area contributed by atoms with E-state index in [2.05, 4.69) is 78.5 Å². The third kappa shape index (κ3) is 25.1. The Morgan fingerprint density at radius 3 is 1.85 bits per heavy atom. The van der Waals surface area contributed by atoms with Crippen molar-refractivity contribution < 1.29 is 24.3 Å². The van der Waals surface area contributed by atoms with E-state index in [0.717, 1.165) is 50.8 Å². The fourth-order valence-electron chi connectivity index (χ4n) is 3.20. The van der Waals surface area contributed by atoms with Crippen LogP contribution < -0.4 is 10.8 Å². The van der Waals surface area contributed by atoms with Crippen LogP contribution in [-0.2, 0) is 19.2 Å². The standard InChI is InChI=1S/C33H54N2O5S/c1-5-6-7-8-9-10-11-12-13-14-15-16-17-18-19-20-21-22-24-30(36)39-29-33(2,3)31(37)32(38)34-25-23-27-40-35-26-28-41-4/h6-7,9-10,12-13,15-16,18-19,21-22,31,35,37H,5,8,11,14,17,20,23-29H2,1-4H3,(H,34,38)/b7-6-,10-9-,13-12-,16-15-,19-18-,22-21-/t31-/m0/s1. The SMILES string of the molecule is CC/C=C\C/C=C\C/C=C\C/C=C\C/C=C\C/C=C\CC(=O)OCC(C)(C)[C@@H](O)C(=O)NCCCONCCSC. The molecule has 8 heteroatoms. The van der Waals surface area contributed by atoms with Crippen molar-refractivity contribution in [2.45, 2.75) is 78.2 Å². The molecule has 0 saturated heterocycles. The lowest BCUT2D eigenvalue weighted by Crippen LogP contribution is -2.46. The van der Waals surface area contributed by atoms with E-state index in [9.17, 15) is 14.7 Å². The summed E-state index contributed by atoms with van der Waals surface area (Å²) in [5.41, 5.74) is 1.94. The fourth-order valence-corrected chi connectivity index (χ4v) is 3.49. The molecule has 41 heavy (non-hydrogen) atoms. The molecular formula is C33H54N2O5S. The van der Waals surface area contributed by atoms with Gasteiger partial charge in [-0.05, 0) is 51.2 Å². The van der Waals surface area contributed by atoms with Gasteiger partial charge < -0.3 is 20.0 Å².